The van der Waals surface area contributed by atoms with Crippen molar-refractivity contribution < 1.29 is 24.0 Å². The Balaban J connectivity index is 1.22. The maximum absolute atomic E-state index is 13.0. The van der Waals surface area contributed by atoms with Gasteiger partial charge in [0, 0.05) is 34.5 Å². The molecule has 0 aromatic heterocycles. The van der Waals surface area contributed by atoms with Gasteiger partial charge in [0.05, 0.1) is 12.3 Å². The highest BCUT2D eigenvalue weighted by atomic mass is 35.5. The van der Waals surface area contributed by atoms with E-state index in [0.29, 0.717) is 35.0 Å². The Hall–Kier alpha value is -3.59. The zero-order chi connectivity index (χ0) is 25.5. The van der Waals surface area contributed by atoms with Gasteiger partial charge in [-0.1, -0.05) is 35.8 Å². The van der Waals surface area contributed by atoms with Gasteiger partial charge in [-0.25, -0.2) is 0 Å². The third kappa shape index (κ3) is 4.88. The van der Waals surface area contributed by atoms with Gasteiger partial charge < -0.3 is 25.5 Å². The highest BCUT2D eigenvalue weighted by molar-refractivity contribution is 6.30. The molecule has 1 saturated heterocycles. The van der Waals surface area contributed by atoms with E-state index in [9.17, 15) is 14.4 Å². The van der Waals surface area contributed by atoms with Crippen LogP contribution in [0.1, 0.15) is 38.2 Å². The first-order valence-electron chi connectivity index (χ1n) is 11.8. The second kappa shape index (κ2) is 9.13. The molecule has 2 aromatic rings. The fourth-order valence-corrected chi connectivity index (χ4v) is 4.81. The Morgan fingerprint density at radius 1 is 1.22 bits per heavy atom. The van der Waals surface area contributed by atoms with Gasteiger partial charge in [0.1, 0.15) is 11.8 Å². The average Bonchev–Trinajstić information content (AvgIpc) is 3.31. The number of hydrogen-bond acceptors (Lipinski definition) is 6. The van der Waals surface area contributed by atoms with Crippen LogP contribution < -0.4 is 15.8 Å². The van der Waals surface area contributed by atoms with E-state index in [1.165, 1.54) is 0 Å². The number of nitrogens with one attached hydrogen (secondary N) is 1. The molecule has 1 spiro atoms. The van der Waals surface area contributed by atoms with E-state index >= 15 is 0 Å². The van der Waals surface area contributed by atoms with E-state index in [1.54, 1.807) is 41.3 Å². The molecule has 2 fully saturated rings. The van der Waals surface area contributed by atoms with Crippen molar-refractivity contribution in [2.75, 3.05) is 18.5 Å². The van der Waals surface area contributed by atoms with Crippen LogP contribution in [0.4, 0.5) is 5.69 Å². The second-order valence-electron chi connectivity index (χ2n) is 9.98. The van der Waals surface area contributed by atoms with Crippen LogP contribution in [0.2, 0.25) is 5.02 Å². The van der Waals surface area contributed by atoms with Gasteiger partial charge >= 0.3 is 0 Å². The number of hydrogen-bond donors (Lipinski definition) is 2. The van der Waals surface area contributed by atoms with Gasteiger partial charge in [-0.3, -0.25) is 14.4 Å². The Morgan fingerprint density at radius 2 is 1.97 bits per heavy atom. The smallest absolute Gasteiger partial charge is 0.262 e. The number of carbonyl (C=O) groups is 3. The summed E-state index contributed by atoms with van der Waals surface area (Å²) >= 11 is 5.86. The number of benzene rings is 2. The molecule has 3 N–H and O–H groups in total. The molecule has 0 bridgehead atoms. The Morgan fingerprint density at radius 3 is 2.67 bits per heavy atom. The standard InChI is InChI=1S/C26H27ClN4O5/c1-25(9-10-25)24(34)31-15-26(13-21(31)23(28)33)12-20(30-36-26)16-3-2-4-18(11-16)29-22(32)14-35-19-7-5-17(27)6-8-19/h2-8,11,21H,9-10,12-15H2,1H3,(H2,28,33)(H,29,32)/t21-,26?/m1/s1. The molecule has 3 amide bonds. The molecule has 9 nitrogen and oxygen atoms in total. The number of oxime groups is 1. The molecule has 3 aliphatic rings. The van der Waals surface area contributed by atoms with E-state index in [1.807, 2.05) is 19.1 Å². The van der Waals surface area contributed by atoms with E-state index < -0.39 is 23.0 Å². The zero-order valence-corrected chi connectivity index (χ0v) is 20.6. The molecular weight excluding hydrogens is 484 g/mol. The van der Waals surface area contributed by atoms with Crippen molar-refractivity contribution >= 4 is 40.7 Å². The van der Waals surface area contributed by atoms with Gasteiger partial charge in [0.15, 0.2) is 12.2 Å². The fraction of sp³-hybridized carbons (Fsp3) is 0.385. The molecule has 5 rings (SSSR count). The van der Waals surface area contributed by atoms with Crippen LogP contribution >= 0.6 is 11.6 Å². The predicted molar refractivity (Wildman–Crippen MR) is 134 cm³/mol. The van der Waals surface area contributed by atoms with Crippen LogP contribution in [0.5, 0.6) is 5.75 Å². The van der Waals surface area contributed by atoms with Crippen molar-refractivity contribution in [2.45, 2.75) is 44.2 Å². The van der Waals surface area contributed by atoms with Crippen LogP contribution in [0, 0.1) is 5.41 Å². The summed E-state index contributed by atoms with van der Waals surface area (Å²) in [6.45, 7) is 2.02. The third-order valence-corrected chi connectivity index (χ3v) is 7.26. The van der Waals surface area contributed by atoms with Crippen LogP contribution in [0.3, 0.4) is 0 Å². The maximum atomic E-state index is 13.0. The molecule has 0 radical (unpaired) electrons. The van der Waals surface area contributed by atoms with Crippen LogP contribution in [-0.4, -0.2) is 53.1 Å². The maximum Gasteiger partial charge on any atom is 0.262 e. The predicted octanol–water partition coefficient (Wildman–Crippen LogP) is 3.11. The number of rotatable bonds is 7. The minimum absolute atomic E-state index is 0.0502. The summed E-state index contributed by atoms with van der Waals surface area (Å²) in [4.78, 5) is 45.0. The largest absolute Gasteiger partial charge is 0.484 e. The van der Waals surface area contributed by atoms with Crippen molar-refractivity contribution in [2.24, 2.45) is 16.3 Å². The normalized spacial score (nSPS) is 23.7. The summed E-state index contributed by atoms with van der Waals surface area (Å²) in [5, 5.41) is 7.69. The lowest BCUT2D eigenvalue weighted by molar-refractivity contribution is -0.141. The Bertz CT molecular complexity index is 1240. The Kier molecular flexibility index (Phi) is 6.12. The quantitative estimate of drug-likeness (QED) is 0.592. The lowest BCUT2D eigenvalue weighted by Gasteiger charge is -2.25. The van der Waals surface area contributed by atoms with Crippen LogP contribution in [-0.2, 0) is 19.2 Å². The number of ether oxygens (including phenoxy) is 1. The monoisotopic (exact) mass is 510 g/mol. The first-order valence-corrected chi connectivity index (χ1v) is 12.2. The summed E-state index contributed by atoms with van der Waals surface area (Å²) in [6.07, 6.45) is 2.35. The fourth-order valence-electron chi connectivity index (χ4n) is 4.69. The summed E-state index contributed by atoms with van der Waals surface area (Å²) in [6, 6.07) is 13.3. The van der Waals surface area contributed by atoms with Crippen molar-refractivity contribution in [3.05, 3.63) is 59.1 Å². The van der Waals surface area contributed by atoms with E-state index in [2.05, 4.69) is 10.5 Å². The molecule has 1 aliphatic carbocycles. The van der Waals surface area contributed by atoms with Crippen molar-refractivity contribution in [1.82, 2.24) is 4.90 Å². The number of carbonyl (C=O) groups excluding carboxylic acids is 3. The first-order chi connectivity index (χ1) is 17.2. The lowest BCUT2D eigenvalue weighted by atomic mass is 9.91. The third-order valence-electron chi connectivity index (χ3n) is 7.01. The highest BCUT2D eigenvalue weighted by Crippen LogP contribution is 2.49. The summed E-state index contributed by atoms with van der Waals surface area (Å²) in [5.41, 5.74) is 6.48. The number of primary amides is 1. The van der Waals surface area contributed by atoms with Gasteiger partial charge in [-0.15, -0.1) is 0 Å². The molecule has 2 atom stereocenters. The number of amides is 3. The van der Waals surface area contributed by atoms with Crippen LogP contribution in [0.25, 0.3) is 0 Å². The lowest BCUT2D eigenvalue weighted by Crippen LogP contribution is -2.46. The Labute approximate surface area is 213 Å². The summed E-state index contributed by atoms with van der Waals surface area (Å²) in [5.74, 6) is -0.358. The molecule has 188 valence electrons. The first kappa shape index (κ1) is 24.1. The highest BCUT2D eigenvalue weighted by Gasteiger charge is 2.57. The zero-order valence-electron chi connectivity index (χ0n) is 19.8. The average molecular weight is 511 g/mol. The molecule has 2 heterocycles. The van der Waals surface area contributed by atoms with Crippen molar-refractivity contribution in [1.29, 1.82) is 0 Å². The van der Waals surface area contributed by atoms with Crippen molar-refractivity contribution in [3.8, 4) is 5.75 Å². The number of anilines is 1. The SMILES string of the molecule is CC1(C(=O)N2CC3(CC(c4cccc(NC(=O)COc5ccc(Cl)cc5)c4)=NO3)C[C@@H]2C(N)=O)CC1. The minimum atomic E-state index is -0.790. The van der Waals surface area contributed by atoms with E-state index in [0.717, 1.165) is 18.4 Å². The number of likely N-dealkylation sites (tertiary alicyclic amines) is 1. The molecule has 1 unspecified atom stereocenters. The van der Waals surface area contributed by atoms with Gasteiger partial charge in [0.2, 0.25) is 11.8 Å². The molecular formula is C26H27ClN4O5. The van der Waals surface area contributed by atoms with Gasteiger partial charge in [0.25, 0.3) is 5.91 Å². The van der Waals surface area contributed by atoms with E-state index in [4.69, 9.17) is 26.9 Å². The molecule has 2 aliphatic heterocycles. The second-order valence-corrected chi connectivity index (χ2v) is 10.4. The minimum Gasteiger partial charge on any atom is -0.484 e. The van der Waals surface area contributed by atoms with Gasteiger partial charge in [-0.2, -0.15) is 0 Å². The number of nitrogens with two attached hydrogens (primary N) is 1. The summed E-state index contributed by atoms with van der Waals surface area (Å²) < 4.78 is 5.49. The van der Waals surface area contributed by atoms with Crippen molar-refractivity contribution in [3.63, 3.8) is 0 Å². The van der Waals surface area contributed by atoms with Gasteiger partial charge in [-0.05, 0) is 49.2 Å². The van der Waals surface area contributed by atoms with Crippen LogP contribution in [0.15, 0.2) is 53.7 Å². The summed E-state index contributed by atoms with van der Waals surface area (Å²) in [7, 11) is 0. The molecule has 2 aromatic carbocycles. The molecule has 10 heteroatoms. The number of halogens is 1. The molecule has 36 heavy (non-hydrogen) atoms. The topological polar surface area (TPSA) is 123 Å². The molecule has 1 saturated carbocycles. The van der Waals surface area contributed by atoms with E-state index in [-0.39, 0.29) is 25.0 Å². The number of nitrogens with zero attached hydrogens (tertiary/aromatic N) is 2.